The molecule has 1 atom stereocenters. The van der Waals surface area contributed by atoms with Crippen molar-refractivity contribution in [1.29, 1.82) is 0 Å². The SMILES string of the molecule is CNC(COc1cccc(Cl)c1)Cc1c(F)cccc1Cl. The number of rotatable bonds is 6. The fourth-order valence-corrected chi connectivity index (χ4v) is 2.39. The smallest absolute Gasteiger partial charge is 0.127 e. The molecular formula is C16H16Cl2FNO. The monoisotopic (exact) mass is 327 g/mol. The van der Waals surface area contributed by atoms with E-state index in [1.54, 1.807) is 31.3 Å². The van der Waals surface area contributed by atoms with E-state index in [1.165, 1.54) is 6.07 Å². The zero-order valence-corrected chi connectivity index (χ0v) is 13.1. The largest absolute Gasteiger partial charge is 0.492 e. The van der Waals surface area contributed by atoms with Gasteiger partial charge in [-0.3, -0.25) is 0 Å². The first-order chi connectivity index (χ1) is 10.1. The van der Waals surface area contributed by atoms with E-state index in [4.69, 9.17) is 27.9 Å². The molecule has 21 heavy (non-hydrogen) atoms. The van der Waals surface area contributed by atoms with E-state index in [0.29, 0.717) is 34.4 Å². The number of benzene rings is 2. The van der Waals surface area contributed by atoms with Crippen molar-refractivity contribution in [3.05, 3.63) is 63.9 Å². The second-order valence-corrected chi connectivity index (χ2v) is 5.50. The van der Waals surface area contributed by atoms with Crippen LogP contribution in [-0.4, -0.2) is 19.7 Å². The molecule has 112 valence electrons. The first-order valence-corrected chi connectivity index (χ1v) is 7.34. The van der Waals surface area contributed by atoms with Crippen molar-refractivity contribution in [3.8, 4) is 5.75 Å². The quantitative estimate of drug-likeness (QED) is 0.852. The Balaban J connectivity index is 2.00. The van der Waals surface area contributed by atoms with Gasteiger partial charge in [0.2, 0.25) is 0 Å². The van der Waals surface area contributed by atoms with Crippen LogP contribution >= 0.6 is 23.2 Å². The standard InChI is InChI=1S/C16H16Cl2FNO/c1-20-12(9-14-15(18)6-3-7-16(14)19)10-21-13-5-2-4-11(17)8-13/h2-8,12,20H,9-10H2,1H3. The van der Waals surface area contributed by atoms with Gasteiger partial charge in [0.05, 0.1) is 0 Å². The van der Waals surface area contributed by atoms with Gasteiger partial charge in [0.1, 0.15) is 18.2 Å². The third-order valence-corrected chi connectivity index (χ3v) is 3.76. The summed E-state index contributed by atoms with van der Waals surface area (Å²) in [7, 11) is 1.81. The number of likely N-dealkylation sites (N-methyl/N-ethyl adjacent to an activating group) is 1. The molecule has 0 aliphatic rings. The summed E-state index contributed by atoms with van der Waals surface area (Å²) in [6, 6.07) is 11.8. The number of hydrogen-bond donors (Lipinski definition) is 1. The molecule has 0 spiro atoms. The molecule has 0 aromatic heterocycles. The Labute approximate surface area is 133 Å². The van der Waals surface area contributed by atoms with Gasteiger partial charge in [0.15, 0.2) is 0 Å². The summed E-state index contributed by atoms with van der Waals surface area (Å²) in [5, 5.41) is 4.15. The number of halogens is 3. The summed E-state index contributed by atoms with van der Waals surface area (Å²) in [6.45, 7) is 0.390. The van der Waals surface area contributed by atoms with E-state index in [0.717, 1.165) is 0 Å². The Morgan fingerprint density at radius 1 is 1.19 bits per heavy atom. The highest BCUT2D eigenvalue weighted by Crippen LogP contribution is 2.21. The molecule has 0 saturated heterocycles. The predicted octanol–water partition coefficient (Wildman–Crippen LogP) is 4.34. The Morgan fingerprint density at radius 2 is 1.95 bits per heavy atom. The summed E-state index contributed by atoms with van der Waals surface area (Å²) in [5.74, 6) is 0.382. The highest BCUT2D eigenvalue weighted by molar-refractivity contribution is 6.31. The fourth-order valence-electron chi connectivity index (χ4n) is 1.97. The number of ether oxygens (including phenoxy) is 1. The second kappa shape index (κ2) is 7.64. The molecule has 2 aromatic rings. The van der Waals surface area contributed by atoms with Crippen LogP contribution in [0.2, 0.25) is 10.0 Å². The van der Waals surface area contributed by atoms with Gasteiger partial charge < -0.3 is 10.1 Å². The second-order valence-electron chi connectivity index (χ2n) is 4.66. The van der Waals surface area contributed by atoms with Gasteiger partial charge in [0, 0.05) is 21.7 Å². The summed E-state index contributed by atoms with van der Waals surface area (Å²) in [4.78, 5) is 0. The fraction of sp³-hybridized carbons (Fsp3) is 0.250. The first-order valence-electron chi connectivity index (χ1n) is 6.58. The minimum absolute atomic E-state index is 0.0571. The molecule has 0 aliphatic heterocycles. The van der Waals surface area contributed by atoms with Gasteiger partial charge in [-0.15, -0.1) is 0 Å². The Morgan fingerprint density at radius 3 is 2.62 bits per heavy atom. The Kier molecular flexibility index (Phi) is 5.85. The van der Waals surface area contributed by atoms with Crippen molar-refractivity contribution < 1.29 is 9.13 Å². The molecule has 1 unspecified atom stereocenters. The maximum atomic E-state index is 13.8. The van der Waals surface area contributed by atoms with Crippen molar-refractivity contribution in [3.63, 3.8) is 0 Å². The van der Waals surface area contributed by atoms with Crippen LogP contribution in [-0.2, 0) is 6.42 Å². The van der Waals surface area contributed by atoms with Gasteiger partial charge in [0.25, 0.3) is 0 Å². The molecule has 0 heterocycles. The minimum atomic E-state index is -0.300. The van der Waals surface area contributed by atoms with Crippen LogP contribution < -0.4 is 10.1 Å². The van der Waals surface area contributed by atoms with Crippen LogP contribution in [0.4, 0.5) is 4.39 Å². The summed E-state index contributed by atoms with van der Waals surface area (Å²) in [6.07, 6.45) is 0.447. The van der Waals surface area contributed by atoms with Crippen LogP contribution in [0, 0.1) is 5.82 Å². The molecule has 1 N–H and O–H groups in total. The van der Waals surface area contributed by atoms with Crippen molar-refractivity contribution in [2.45, 2.75) is 12.5 Å². The Bertz CT molecular complexity index is 586. The highest BCUT2D eigenvalue weighted by Gasteiger charge is 2.14. The normalized spacial score (nSPS) is 12.2. The Hall–Kier alpha value is -1.29. The molecule has 0 radical (unpaired) electrons. The maximum Gasteiger partial charge on any atom is 0.127 e. The van der Waals surface area contributed by atoms with Crippen LogP contribution in [0.5, 0.6) is 5.75 Å². The van der Waals surface area contributed by atoms with Gasteiger partial charge in [-0.05, 0) is 43.8 Å². The van der Waals surface area contributed by atoms with Crippen LogP contribution in [0.3, 0.4) is 0 Å². The van der Waals surface area contributed by atoms with Crippen molar-refractivity contribution in [2.75, 3.05) is 13.7 Å². The van der Waals surface area contributed by atoms with E-state index < -0.39 is 0 Å². The van der Waals surface area contributed by atoms with Crippen molar-refractivity contribution >= 4 is 23.2 Å². The average molecular weight is 328 g/mol. The van der Waals surface area contributed by atoms with Crippen LogP contribution in [0.25, 0.3) is 0 Å². The third-order valence-electron chi connectivity index (χ3n) is 3.17. The number of nitrogens with one attached hydrogen (secondary N) is 1. The van der Waals surface area contributed by atoms with E-state index in [2.05, 4.69) is 5.32 Å². The molecule has 2 nitrogen and oxygen atoms in total. The molecule has 2 aromatic carbocycles. The van der Waals surface area contributed by atoms with Crippen LogP contribution in [0.1, 0.15) is 5.56 Å². The molecular weight excluding hydrogens is 312 g/mol. The first kappa shape index (κ1) is 16.1. The van der Waals surface area contributed by atoms with E-state index in [-0.39, 0.29) is 11.9 Å². The lowest BCUT2D eigenvalue weighted by atomic mass is 10.1. The van der Waals surface area contributed by atoms with Gasteiger partial charge in [-0.25, -0.2) is 4.39 Å². The zero-order chi connectivity index (χ0) is 15.2. The summed E-state index contributed by atoms with van der Waals surface area (Å²) >= 11 is 11.9. The van der Waals surface area contributed by atoms with Crippen LogP contribution in [0.15, 0.2) is 42.5 Å². The lowest BCUT2D eigenvalue weighted by Gasteiger charge is -2.18. The molecule has 2 rings (SSSR count). The van der Waals surface area contributed by atoms with E-state index in [9.17, 15) is 4.39 Å². The predicted molar refractivity (Wildman–Crippen MR) is 84.9 cm³/mol. The molecule has 0 fully saturated rings. The molecule has 0 saturated carbocycles. The van der Waals surface area contributed by atoms with Gasteiger partial charge >= 0.3 is 0 Å². The lowest BCUT2D eigenvalue weighted by molar-refractivity contribution is 0.269. The molecule has 0 aliphatic carbocycles. The van der Waals surface area contributed by atoms with Crippen molar-refractivity contribution in [2.24, 2.45) is 0 Å². The summed E-state index contributed by atoms with van der Waals surface area (Å²) in [5.41, 5.74) is 0.494. The summed E-state index contributed by atoms with van der Waals surface area (Å²) < 4.78 is 19.5. The zero-order valence-electron chi connectivity index (χ0n) is 11.6. The van der Waals surface area contributed by atoms with E-state index in [1.807, 2.05) is 12.1 Å². The van der Waals surface area contributed by atoms with Gasteiger partial charge in [-0.1, -0.05) is 35.3 Å². The third kappa shape index (κ3) is 4.60. The van der Waals surface area contributed by atoms with E-state index >= 15 is 0 Å². The minimum Gasteiger partial charge on any atom is -0.492 e. The molecule has 5 heteroatoms. The molecule has 0 amide bonds. The highest BCUT2D eigenvalue weighted by atomic mass is 35.5. The lowest BCUT2D eigenvalue weighted by Crippen LogP contribution is -2.34. The topological polar surface area (TPSA) is 21.3 Å². The van der Waals surface area contributed by atoms with Gasteiger partial charge in [-0.2, -0.15) is 0 Å². The van der Waals surface area contributed by atoms with Crippen molar-refractivity contribution in [1.82, 2.24) is 5.32 Å². The maximum absolute atomic E-state index is 13.8. The average Bonchev–Trinajstić information content (AvgIpc) is 2.46. The molecule has 0 bridgehead atoms. The number of hydrogen-bond acceptors (Lipinski definition) is 2.